The largest absolute Gasteiger partial charge is 0.384 e. The SMILES string of the molecule is Cc1c(CNCC(C)(O)c2ccc(F)cc2)cc(C#N)n1C. The van der Waals surface area contributed by atoms with Gasteiger partial charge in [0.2, 0.25) is 0 Å². The van der Waals surface area contributed by atoms with Gasteiger partial charge in [0, 0.05) is 25.8 Å². The molecule has 0 saturated carbocycles. The van der Waals surface area contributed by atoms with E-state index in [1.54, 1.807) is 19.1 Å². The van der Waals surface area contributed by atoms with Gasteiger partial charge in [-0.25, -0.2) is 4.39 Å². The first-order valence-corrected chi connectivity index (χ1v) is 7.09. The molecule has 0 spiro atoms. The van der Waals surface area contributed by atoms with E-state index in [4.69, 9.17) is 5.26 Å². The number of nitrogens with one attached hydrogen (secondary N) is 1. The second kappa shape index (κ2) is 6.30. The van der Waals surface area contributed by atoms with Gasteiger partial charge in [0.1, 0.15) is 17.6 Å². The Balaban J connectivity index is 2.01. The maximum Gasteiger partial charge on any atom is 0.123 e. The number of rotatable bonds is 5. The number of nitriles is 1. The fourth-order valence-corrected chi connectivity index (χ4v) is 2.40. The first kappa shape index (κ1) is 16.2. The molecule has 2 aromatic rings. The second-order valence-electron chi connectivity index (χ2n) is 5.70. The van der Waals surface area contributed by atoms with Crippen LogP contribution in [-0.2, 0) is 19.2 Å². The standard InChI is InChI=1S/C17H20FN3O/c1-12-13(8-16(9-19)21(12)3)10-20-11-17(2,22)14-4-6-15(18)7-5-14/h4-8,20,22H,10-11H2,1-3H3. The zero-order valence-corrected chi connectivity index (χ0v) is 13.0. The normalized spacial score (nSPS) is 13.6. The quantitative estimate of drug-likeness (QED) is 0.891. The summed E-state index contributed by atoms with van der Waals surface area (Å²) < 4.78 is 14.8. The molecule has 0 fully saturated rings. The predicted molar refractivity (Wildman–Crippen MR) is 82.5 cm³/mol. The maximum atomic E-state index is 12.9. The molecule has 0 radical (unpaired) electrons. The fourth-order valence-electron chi connectivity index (χ4n) is 2.40. The zero-order valence-electron chi connectivity index (χ0n) is 13.0. The molecule has 0 amide bonds. The summed E-state index contributed by atoms with van der Waals surface area (Å²) in [5.41, 5.74) is 2.22. The summed E-state index contributed by atoms with van der Waals surface area (Å²) in [6.45, 7) is 4.52. The van der Waals surface area contributed by atoms with E-state index in [0.717, 1.165) is 11.3 Å². The molecule has 0 bridgehead atoms. The van der Waals surface area contributed by atoms with Crippen molar-refractivity contribution in [3.05, 3.63) is 58.7 Å². The van der Waals surface area contributed by atoms with Crippen molar-refractivity contribution in [2.24, 2.45) is 7.05 Å². The molecule has 1 unspecified atom stereocenters. The van der Waals surface area contributed by atoms with Crippen LogP contribution >= 0.6 is 0 Å². The number of hydrogen-bond acceptors (Lipinski definition) is 3. The van der Waals surface area contributed by atoms with Gasteiger partial charge in [-0.05, 0) is 43.2 Å². The molecule has 2 rings (SSSR count). The third kappa shape index (κ3) is 3.35. The topological polar surface area (TPSA) is 61.0 Å². The molecule has 4 nitrogen and oxygen atoms in total. The van der Waals surface area contributed by atoms with Gasteiger partial charge < -0.3 is 15.0 Å². The van der Waals surface area contributed by atoms with Crippen molar-refractivity contribution in [3.63, 3.8) is 0 Å². The van der Waals surface area contributed by atoms with Gasteiger partial charge in [0.25, 0.3) is 0 Å². The minimum atomic E-state index is -1.09. The highest BCUT2D eigenvalue weighted by atomic mass is 19.1. The van der Waals surface area contributed by atoms with Crippen molar-refractivity contribution in [1.29, 1.82) is 5.26 Å². The van der Waals surface area contributed by atoms with Crippen LogP contribution in [0.15, 0.2) is 30.3 Å². The van der Waals surface area contributed by atoms with E-state index in [2.05, 4.69) is 11.4 Å². The van der Waals surface area contributed by atoms with Crippen molar-refractivity contribution in [1.82, 2.24) is 9.88 Å². The average molecular weight is 301 g/mol. The highest BCUT2D eigenvalue weighted by molar-refractivity contribution is 5.34. The van der Waals surface area contributed by atoms with E-state index < -0.39 is 5.60 Å². The van der Waals surface area contributed by atoms with E-state index in [9.17, 15) is 9.50 Å². The molecule has 1 aromatic carbocycles. The molecule has 1 heterocycles. The Bertz CT molecular complexity index is 696. The van der Waals surface area contributed by atoms with Crippen molar-refractivity contribution in [2.45, 2.75) is 26.0 Å². The third-order valence-corrected chi connectivity index (χ3v) is 4.01. The number of hydrogen-bond donors (Lipinski definition) is 2. The summed E-state index contributed by atoms with van der Waals surface area (Å²) >= 11 is 0. The Morgan fingerprint density at radius 3 is 2.55 bits per heavy atom. The third-order valence-electron chi connectivity index (χ3n) is 4.01. The molecular weight excluding hydrogens is 281 g/mol. The lowest BCUT2D eigenvalue weighted by molar-refractivity contribution is 0.0566. The number of aliphatic hydroxyl groups is 1. The highest BCUT2D eigenvalue weighted by Crippen LogP contribution is 2.20. The molecule has 0 saturated heterocycles. The van der Waals surface area contributed by atoms with Crippen LogP contribution in [0.2, 0.25) is 0 Å². The Hall–Kier alpha value is -2.16. The Morgan fingerprint density at radius 2 is 2.00 bits per heavy atom. The number of aromatic nitrogens is 1. The van der Waals surface area contributed by atoms with Gasteiger partial charge >= 0.3 is 0 Å². The van der Waals surface area contributed by atoms with Crippen molar-refractivity contribution in [2.75, 3.05) is 6.54 Å². The molecule has 1 atom stereocenters. The number of halogens is 1. The van der Waals surface area contributed by atoms with Crippen LogP contribution in [-0.4, -0.2) is 16.2 Å². The van der Waals surface area contributed by atoms with Crippen molar-refractivity contribution in [3.8, 4) is 6.07 Å². The zero-order chi connectivity index (χ0) is 16.3. The molecule has 0 aliphatic rings. The minimum absolute atomic E-state index is 0.323. The van der Waals surface area contributed by atoms with Crippen LogP contribution < -0.4 is 5.32 Å². The summed E-state index contributed by atoms with van der Waals surface area (Å²) in [4.78, 5) is 0. The van der Waals surface area contributed by atoms with Gasteiger partial charge in [0.15, 0.2) is 0 Å². The maximum absolute atomic E-state index is 12.9. The molecule has 0 aliphatic heterocycles. The lowest BCUT2D eigenvalue weighted by atomic mass is 9.96. The molecule has 1 aromatic heterocycles. The molecular formula is C17H20FN3O. The van der Waals surface area contributed by atoms with Gasteiger partial charge in [-0.1, -0.05) is 12.1 Å². The first-order chi connectivity index (χ1) is 10.3. The molecule has 22 heavy (non-hydrogen) atoms. The van der Waals surface area contributed by atoms with Crippen molar-refractivity contribution < 1.29 is 9.50 Å². The Labute approximate surface area is 129 Å². The van der Waals surface area contributed by atoms with Crippen LogP contribution in [0.5, 0.6) is 0 Å². The molecule has 5 heteroatoms. The van der Waals surface area contributed by atoms with E-state index in [-0.39, 0.29) is 5.82 Å². The van der Waals surface area contributed by atoms with Crippen molar-refractivity contribution >= 4 is 0 Å². The second-order valence-corrected chi connectivity index (χ2v) is 5.70. The Morgan fingerprint density at radius 1 is 1.36 bits per heavy atom. The predicted octanol–water partition coefficient (Wildman–Crippen LogP) is 2.34. The monoisotopic (exact) mass is 301 g/mol. The van der Waals surface area contributed by atoms with Gasteiger partial charge in [-0.15, -0.1) is 0 Å². The minimum Gasteiger partial charge on any atom is -0.384 e. The van der Waals surface area contributed by atoms with E-state index >= 15 is 0 Å². The smallest absolute Gasteiger partial charge is 0.123 e. The summed E-state index contributed by atoms with van der Waals surface area (Å²) in [6.07, 6.45) is 0. The average Bonchev–Trinajstić information content (AvgIpc) is 2.75. The van der Waals surface area contributed by atoms with Gasteiger partial charge in [-0.2, -0.15) is 5.26 Å². The fraction of sp³-hybridized carbons (Fsp3) is 0.353. The summed E-state index contributed by atoms with van der Waals surface area (Å²) in [7, 11) is 1.85. The Kier molecular flexibility index (Phi) is 4.65. The van der Waals surface area contributed by atoms with Crippen LogP contribution in [0.3, 0.4) is 0 Å². The summed E-state index contributed by atoms with van der Waals surface area (Å²) in [6, 6.07) is 9.83. The van der Waals surface area contributed by atoms with Crippen LogP contribution in [0.25, 0.3) is 0 Å². The summed E-state index contributed by atoms with van der Waals surface area (Å²) in [5, 5.41) is 22.7. The van der Waals surface area contributed by atoms with E-state index in [1.807, 2.05) is 24.6 Å². The summed E-state index contributed by atoms with van der Waals surface area (Å²) in [5.74, 6) is -0.323. The van der Waals surface area contributed by atoms with Gasteiger partial charge in [-0.3, -0.25) is 0 Å². The van der Waals surface area contributed by atoms with Crippen LogP contribution in [0, 0.1) is 24.1 Å². The van der Waals surface area contributed by atoms with Crippen LogP contribution in [0.4, 0.5) is 4.39 Å². The lowest BCUT2D eigenvalue weighted by Crippen LogP contribution is -2.35. The highest BCUT2D eigenvalue weighted by Gasteiger charge is 2.22. The molecule has 0 aliphatic carbocycles. The van der Waals surface area contributed by atoms with Crippen LogP contribution in [0.1, 0.15) is 29.4 Å². The number of nitrogens with zero attached hydrogens (tertiary/aromatic N) is 2. The van der Waals surface area contributed by atoms with E-state index in [1.165, 1.54) is 12.1 Å². The molecule has 2 N–H and O–H groups in total. The first-order valence-electron chi connectivity index (χ1n) is 7.09. The van der Waals surface area contributed by atoms with Gasteiger partial charge in [0.05, 0.1) is 5.60 Å². The lowest BCUT2D eigenvalue weighted by Gasteiger charge is -2.24. The number of benzene rings is 1. The molecule has 116 valence electrons. The van der Waals surface area contributed by atoms with E-state index in [0.29, 0.717) is 24.3 Å².